The van der Waals surface area contributed by atoms with Gasteiger partial charge in [-0.05, 0) is 49.1 Å². The molecule has 1 fully saturated rings. The molecule has 9 nitrogen and oxygen atoms in total. The van der Waals surface area contributed by atoms with Crippen LogP contribution in [-0.2, 0) is 4.79 Å². The molecule has 4 aromatic rings. The molecule has 1 amide bonds. The summed E-state index contributed by atoms with van der Waals surface area (Å²) in [5.74, 6) is 0.111. The van der Waals surface area contributed by atoms with E-state index in [1.165, 1.54) is 0 Å². The number of imidazole rings is 1. The number of aromatic nitrogens is 5. The first-order valence-electron chi connectivity index (χ1n) is 10.9. The van der Waals surface area contributed by atoms with Crippen LogP contribution in [-0.4, -0.2) is 73.6 Å². The third-order valence-electron chi connectivity index (χ3n) is 6.39. The van der Waals surface area contributed by atoms with Gasteiger partial charge in [-0.15, -0.1) is 0 Å². The van der Waals surface area contributed by atoms with Crippen LogP contribution in [0, 0.1) is 6.92 Å². The number of hydrogen-bond acceptors (Lipinski definition) is 5. The third-order valence-corrected chi connectivity index (χ3v) is 6.39. The first-order chi connectivity index (χ1) is 15.4. The Balaban J connectivity index is 1.41. The lowest BCUT2D eigenvalue weighted by Gasteiger charge is -2.32. The quantitative estimate of drug-likeness (QED) is 0.532. The van der Waals surface area contributed by atoms with Crippen LogP contribution in [0.15, 0.2) is 41.6 Å². The Hall–Kier alpha value is -3.46. The van der Waals surface area contributed by atoms with E-state index in [1.54, 1.807) is 29.8 Å². The van der Waals surface area contributed by atoms with Crippen LogP contribution in [0.4, 0.5) is 0 Å². The van der Waals surface area contributed by atoms with Crippen molar-refractivity contribution in [1.82, 2.24) is 33.9 Å². The largest absolute Gasteiger partial charge is 0.348 e. The molecule has 0 unspecified atom stereocenters. The van der Waals surface area contributed by atoms with E-state index in [-0.39, 0.29) is 17.6 Å². The number of benzene rings is 1. The lowest BCUT2D eigenvalue weighted by Crippen LogP contribution is -2.42. The van der Waals surface area contributed by atoms with Crippen LogP contribution in [0.5, 0.6) is 0 Å². The summed E-state index contributed by atoms with van der Waals surface area (Å²) in [6.07, 6.45) is 5.19. The standard InChI is InChI=1S/C23H27N7O2/c1-15-10-17(12-29-22(15)24-14-25-29)16-4-5-20-19(11-16)26-23(32)30(20)18-6-8-28(9-7-18)13-21(31)27(2)3/h4-5,10-12,14,18H,6-9,13H2,1-3H3,(H,26,32). The lowest BCUT2D eigenvalue weighted by molar-refractivity contribution is -0.130. The molecular weight excluding hydrogens is 406 g/mol. The molecule has 0 bridgehead atoms. The number of aryl methyl sites for hydroxylation is 1. The van der Waals surface area contributed by atoms with Crippen molar-refractivity contribution in [3.05, 3.63) is 52.8 Å². The van der Waals surface area contributed by atoms with Crippen LogP contribution in [0.2, 0.25) is 0 Å². The number of nitrogens with one attached hydrogen (secondary N) is 1. The highest BCUT2D eigenvalue weighted by Gasteiger charge is 2.25. The molecule has 0 aliphatic carbocycles. The number of carbonyl (C=O) groups is 1. The van der Waals surface area contributed by atoms with Crippen molar-refractivity contribution in [2.75, 3.05) is 33.7 Å². The Morgan fingerprint density at radius 3 is 2.72 bits per heavy atom. The van der Waals surface area contributed by atoms with Gasteiger partial charge in [0.05, 0.1) is 17.6 Å². The number of H-pyrrole nitrogens is 1. The molecule has 32 heavy (non-hydrogen) atoms. The zero-order valence-electron chi connectivity index (χ0n) is 18.6. The molecule has 9 heteroatoms. The summed E-state index contributed by atoms with van der Waals surface area (Å²) >= 11 is 0. The maximum atomic E-state index is 12.8. The molecule has 4 heterocycles. The average molecular weight is 434 g/mol. The average Bonchev–Trinajstić information content (AvgIpc) is 3.37. The molecule has 0 atom stereocenters. The summed E-state index contributed by atoms with van der Waals surface area (Å²) in [7, 11) is 3.56. The van der Waals surface area contributed by atoms with Gasteiger partial charge in [0.2, 0.25) is 5.91 Å². The molecule has 166 valence electrons. The summed E-state index contributed by atoms with van der Waals surface area (Å²) < 4.78 is 3.66. The highest BCUT2D eigenvalue weighted by molar-refractivity contribution is 5.82. The monoisotopic (exact) mass is 433 g/mol. The number of carbonyl (C=O) groups excluding carboxylic acids is 1. The number of likely N-dealkylation sites (N-methyl/N-ethyl adjacent to an activating group) is 1. The molecule has 0 spiro atoms. The number of hydrogen-bond donors (Lipinski definition) is 1. The number of pyridine rings is 1. The van der Waals surface area contributed by atoms with Crippen molar-refractivity contribution in [3.63, 3.8) is 0 Å². The lowest BCUT2D eigenvalue weighted by atomic mass is 10.0. The normalized spacial score (nSPS) is 15.6. The molecule has 3 aromatic heterocycles. The Morgan fingerprint density at radius 1 is 1.19 bits per heavy atom. The number of piperidine rings is 1. The van der Waals surface area contributed by atoms with Crippen molar-refractivity contribution in [1.29, 1.82) is 0 Å². The van der Waals surface area contributed by atoms with E-state index in [0.717, 1.165) is 59.3 Å². The second kappa shape index (κ2) is 7.90. The van der Waals surface area contributed by atoms with Gasteiger partial charge in [0.25, 0.3) is 0 Å². The molecule has 1 saturated heterocycles. The molecule has 1 aromatic carbocycles. The van der Waals surface area contributed by atoms with Gasteiger partial charge in [0.15, 0.2) is 5.65 Å². The van der Waals surface area contributed by atoms with Gasteiger partial charge in [-0.1, -0.05) is 6.07 Å². The van der Waals surface area contributed by atoms with Crippen molar-refractivity contribution < 1.29 is 4.79 Å². The van der Waals surface area contributed by atoms with Gasteiger partial charge < -0.3 is 9.88 Å². The van der Waals surface area contributed by atoms with Crippen LogP contribution in [0.3, 0.4) is 0 Å². The van der Waals surface area contributed by atoms with E-state index >= 15 is 0 Å². The van der Waals surface area contributed by atoms with Crippen LogP contribution < -0.4 is 5.69 Å². The molecule has 1 N–H and O–H groups in total. The second-order valence-corrected chi connectivity index (χ2v) is 8.77. The number of amides is 1. The van der Waals surface area contributed by atoms with E-state index in [9.17, 15) is 9.59 Å². The number of rotatable bonds is 4. The summed E-state index contributed by atoms with van der Waals surface area (Å²) in [5, 5.41) is 4.26. The first kappa shape index (κ1) is 20.4. The smallest absolute Gasteiger partial charge is 0.326 e. The molecule has 5 rings (SSSR count). The Labute approximate surface area is 185 Å². The van der Waals surface area contributed by atoms with Crippen LogP contribution in [0.1, 0.15) is 24.4 Å². The number of likely N-dealkylation sites (tertiary alicyclic amines) is 1. The zero-order valence-corrected chi connectivity index (χ0v) is 18.6. The molecule has 0 radical (unpaired) electrons. The fourth-order valence-electron chi connectivity index (χ4n) is 4.59. The highest BCUT2D eigenvalue weighted by atomic mass is 16.2. The van der Waals surface area contributed by atoms with E-state index in [4.69, 9.17) is 0 Å². The van der Waals surface area contributed by atoms with E-state index < -0.39 is 0 Å². The molecule has 1 aliphatic heterocycles. The van der Waals surface area contributed by atoms with E-state index in [1.807, 2.05) is 29.8 Å². The summed E-state index contributed by atoms with van der Waals surface area (Å²) in [6, 6.07) is 8.31. The van der Waals surface area contributed by atoms with Gasteiger partial charge in [0.1, 0.15) is 6.33 Å². The van der Waals surface area contributed by atoms with Gasteiger partial charge in [-0.25, -0.2) is 14.3 Å². The van der Waals surface area contributed by atoms with Gasteiger partial charge in [-0.2, -0.15) is 5.10 Å². The van der Waals surface area contributed by atoms with Crippen molar-refractivity contribution in [2.24, 2.45) is 0 Å². The summed E-state index contributed by atoms with van der Waals surface area (Å²) in [5.41, 5.74) is 5.59. The Morgan fingerprint density at radius 2 is 1.97 bits per heavy atom. The van der Waals surface area contributed by atoms with Crippen molar-refractivity contribution in [2.45, 2.75) is 25.8 Å². The summed E-state index contributed by atoms with van der Waals surface area (Å²) in [6.45, 7) is 4.06. The number of fused-ring (bicyclic) bond motifs is 2. The van der Waals surface area contributed by atoms with Gasteiger partial charge in [-0.3, -0.25) is 14.3 Å². The predicted molar refractivity (Wildman–Crippen MR) is 123 cm³/mol. The fourth-order valence-corrected chi connectivity index (χ4v) is 4.59. The van der Waals surface area contributed by atoms with Gasteiger partial charge >= 0.3 is 5.69 Å². The second-order valence-electron chi connectivity index (χ2n) is 8.77. The third kappa shape index (κ3) is 3.58. The van der Waals surface area contributed by atoms with Crippen LogP contribution >= 0.6 is 0 Å². The number of nitrogens with zero attached hydrogens (tertiary/aromatic N) is 6. The SMILES string of the molecule is Cc1cc(-c2ccc3c(c2)[nH]c(=O)n3C2CCN(CC(=O)N(C)C)CC2)cn2ncnc12. The maximum absolute atomic E-state index is 12.8. The van der Waals surface area contributed by atoms with E-state index in [2.05, 4.69) is 32.1 Å². The Bertz CT molecular complexity index is 1360. The Kier molecular flexibility index (Phi) is 5.05. The minimum Gasteiger partial charge on any atom is -0.348 e. The first-order valence-corrected chi connectivity index (χ1v) is 10.9. The summed E-state index contributed by atoms with van der Waals surface area (Å²) in [4.78, 5) is 35.9. The topological polar surface area (TPSA) is 91.5 Å². The van der Waals surface area contributed by atoms with Crippen molar-refractivity contribution >= 4 is 22.6 Å². The fraction of sp³-hybridized carbons (Fsp3) is 0.391. The van der Waals surface area contributed by atoms with Gasteiger partial charge in [0, 0.05) is 45.0 Å². The predicted octanol–water partition coefficient (Wildman–Crippen LogP) is 2.07. The minimum absolute atomic E-state index is 0.0807. The maximum Gasteiger partial charge on any atom is 0.326 e. The molecular formula is C23H27N7O2. The number of aromatic amines is 1. The zero-order chi connectivity index (χ0) is 22.4. The molecule has 1 aliphatic rings. The van der Waals surface area contributed by atoms with Crippen molar-refractivity contribution in [3.8, 4) is 11.1 Å². The van der Waals surface area contributed by atoms with Crippen LogP contribution in [0.25, 0.3) is 27.8 Å². The molecule has 0 saturated carbocycles. The highest BCUT2D eigenvalue weighted by Crippen LogP contribution is 2.28. The van der Waals surface area contributed by atoms with E-state index in [0.29, 0.717) is 6.54 Å². The minimum atomic E-state index is -0.0807.